The van der Waals surface area contributed by atoms with Crippen molar-refractivity contribution in [1.29, 1.82) is 0 Å². The largest absolute Gasteiger partial charge is 0.477 e. The van der Waals surface area contributed by atoms with Gasteiger partial charge in [-0.25, -0.2) is 9.78 Å². The van der Waals surface area contributed by atoms with E-state index in [1.54, 1.807) is 18.4 Å². The zero-order valence-corrected chi connectivity index (χ0v) is 10.5. The van der Waals surface area contributed by atoms with Crippen LogP contribution in [-0.4, -0.2) is 16.1 Å². The van der Waals surface area contributed by atoms with Gasteiger partial charge in [-0.05, 0) is 23.6 Å². The third-order valence-corrected chi connectivity index (χ3v) is 2.97. The maximum absolute atomic E-state index is 11.1. The molecule has 0 aliphatic carbocycles. The lowest BCUT2D eigenvalue weighted by Gasteiger charge is -2.09. The van der Waals surface area contributed by atoms with Crippen LogP contribution in [0.4, 0.5) is 5.82 Å². The molecule has 100 valence electrons. The quantitative estimate of drug-likeness (QED) is 0.760. The standard InChI is InChI=1S/C15H12N2O3/c18-15(19)13-8-10-4-1-2-6-12(10)14(17-13)16-9-11-5-3-7-20-11/h1-8H,9H2,(H,16,17)(H,18,19). The Morgan fingerprint density at radius 1 is 1.25 bits per heavy atom. The molecule has 0 fully saturated rings. The summed E-state index contributed by atoms with van der Waals surface area (Å²) in [4.78, 5) is 15.3. The average Bonchev–Trinajstić information content (AvgIpc) is 2.97. The van der Waals surface area contributed by atoms with Gasteiger partial charge < -0.3 is 14.8 Å². The average molecular weight is 268 g/mol. The molecule has 3 rings (SSSR count). The van der Waals surface area contributed by atoms with E-state index in [1.165, 1.54) is 0 Å². The number of carbonyl (C=O) groups is 1. The second-order valence-electron chi connectivity index (χ2n) is 4.32. The molecule has 2 N–H and O–H groups in total. The summed E-state index contributed by atoms with van der Waals surface area (Å²) < 4.78 is 5.24. The number of fused-ring (bicyclic) bond motifs is 1. The van der Waals surface area contributed by atoms with Gasteiger partial charge in [0.2, 0.25) is 0 Å². The molecule has 0 spiro atoms. The van der Waals surface area contributed by atoms with E-state index in [0.29, 0.717) is 12.4 Å². The number of rotatable bonds is 4. The summed E-state index contributed by atoms with van der Waals surface area (Å²) in [6.45, 7) is 0.451. The van der Waals surface area contributed by atoms with E-state index in [9.17, 15) is 4.79 Å². The van der Waals surface area contributed by atoms with Gasteiger partial charge in [0.1, 0.15) is 11.6 Å². The molecule has 3 aromatic rings. The van der Waals surface area contributed by atoms with Gasteiger partial charge in [-0.2, -0.15) is 0 Å². The Bertz CT molecular complexity index is 751. The number of pyridine rings is 1. The van der Waals surface area contributed by atoms with Gasteiger partial charge in [0.15, 0.2) is 5.69 Å². The Balaban J connectivity index is 2.00. The SMILES string of the molecule is O=C(O)c1cc2ccccc2c(NCc2ccco2)n1. The molecular weight excluding hydrogens is 256 g/mol. The van der Waals surface area contributed by atoms with E-state index >= 15 is 0 Å². The molecule has 0 aliphatic rings. The van der Waals surface area contributed by atoms with Crippen molar-refractivity contribution in [2.75, 3.05) is 5.32 Å². The molecule has 0 bridgehead atoms. The molecule has 0 saturated carbocycles. The maximum Gasteiger partial charge on any atom is 0.354 e. The number of hydrogen-bond donors (Lipinski definition) is 2. The number of carboxylic acids is 1. The molecule has 1 aromatic carbocycles. The van der Waals surface area contributed by atoms with Crippen molar-refractivity contribution in [3.05, 3.63) is 60.2 Å². The van der Waals surface area contributed by atoms with Crippen molar-refractivity contribution in [2.24, 2.45) is 0 Å². The molecule has 5 nitrogen and oxygen atoms in total. The monoisotopic (exact) mass is 268 g/mol. The van der Waals surface area contributed by atoms with E-state index in [4.69, 9.17) is 9.52 Å². The van der Waals surface area contributed by atoms with E-state index in [2.05, 4.69) is 10.3 Å². The predicted molar refractivity (Wildman–Crippen MR) is 74.7 cm³/mol. The van der Waals surface area contributed by atoms with E-state index in [1.807, 2.05) is 30.3 Å². The van der Waals surface area contributed by atoms with E-state index in [0.717, 1.165) is 16.5 Å². The van der Waals surface area contributed by atoms with Gasteiger partial charge >= 0.3 is 5.97 Å². The first kappa shape index (κ1) is 12.2. The highest BCUT2D eigenvalue weighted by atomic mass is 16.4. The minimum Gasteiger partial charge on any atom is -0.477 e. The topological polar surface area (TPSA) is 75.4 Å². The number of furan rings is 1. The van der Waals surface area contributed by atoms with Crippen molar-refractivity contribution in [2.45, 2.75) is 6.54 Å². The summed E-state index contributed by atoms with van der Waals surface area (Å²) in [6, 6.07) is 12.7. The highest BCUT2D eigenvalue weighted by molar-refractivity contribution is 5.97. The Morgan fingerprint density at radius 2 is 2.10 bits per heavy atom. The number of carboxylic acid groups (broad SMARTS) is 1. The molecule has 20 heavy (non-hydrogen) atoms. The summed E-state index contributed by atoms with van der Waals surface area (Å²) in [5.74, 6) is 0.255. The van der Waals surface area contributed by atoms with Crippen LogP contribution in [0.1, 0.15) is 16.2 Å². The van der Waals surface area contributed by atoms with Crippen molar-refractivity contribution >= 4 is 22.6 Å². The molecule has 0 atom stereocenters. The molecular formula is C15H12N2O3. The third-order valence-electron chi connectivity index (χ3n) is 2.97. The molecule has 0 aliphatic heterocycles. The summed E-state index contributed by atoms with van der Waals surface area (Å²) in [5.41, 5.74) is 0.0191. The highest BCUT2D eigenvalue weighted by Gasteiger charge is 2.10. The third kappa shape index (κ3) is 2.33. The van der Waals surface area contributed by atoms with Gasteiger partial charge in [0, 0.05) is 5.39 Å². The molecule has 2 heterocycles. The van der Waals surface area contributed by atoms with Crippen LogP contribution in [0.5, 0.6) is 0 Å². The smallest absolute Gasteiger partial charge is 0.354 e. The number of nitrogens with one attached hydrogen (secondary N) is 1. The summed E-state index contributed by atoms with van der Waals surface area (Å²) in [5, 5.41) is 13.9. The maximum atomic E-state index is 11.1. The van der Waals surface area contributed by atoms with Crippen molar-refractivity contribution in [3.8, 4) is 0 Å². The first-order chi connectivity index (χ1) is 9.74. The minimum absolute atomic E-state index is 0.0191. The van der Waals surface area contributed by atoms with Crippen molar-refractivity contribution < 1.29 is 14.3 Å². The van der Waals surface area contributed by atoms with Gasteiger partial charge in [0.25, 0.3) is 0 Å². The van der Waals surface area contributed by atoms with Crippen LogP contribution in [0.25, 0.3) is 10.8 Å². The molecule has 2 aromatic heterocycles. The second kappa shape index (κ2) is 5.05. The van der Waals surface area contributed by atoms with Crippen LogP contribution in [0.15, 0.2) is 53.1 Å². The van der Waals surface area contributed by atoms with Crippen molar-refractivity contribution in [3.63, 3.8) is 0 Å². The Kier molecular flexibility index (Phi) is 3.09. The predicted octanol–water partition coefficient (Wildman–Crippen LogP) is 3.14. The number of anilines is 1. The summed E-state index contributed by atoms with van der Waals surface area (Å²) in [7, 11) is 0. The van der Waals surface area contributed by atoms with Crippen LogP contribution >= 0.6 is 0 Å². The fourth-order valence-corrected chi connectivity index (χ4v) is 2.03. The first-order valence-electron chi connectivity index (χ1n) is 6.13. The normalized spacial score (nSPS) is 10.6. The Morgan fingerprint density at radius 3 is 2.85 bits per heavy atom. The van der Waals surface area contributed by atoms with E-state index < -0.39 is 5.97 Å². The molecule has 0 amide bonds. The van der Waals surface area contributed by atoms with Crippen LogP contribution < -0.4 is 5.32 Å². The van der Waals surface area contributed by atoms with Gasteiger partial charge in [0.05, 0.1) is 12.8 Å². The van der Waals surface area contributed by atoms with Gasteiger partial charge in [-0.1, -0.05) is 24.3 Å². The highest BCUT2D eigenvalue weighted by Crippen LogP contribution is 2.23. The molecule has 0 radical (unpaired) electrons. The number of hydrogen-bond acceptors (Lipinski definition) is 4. The second-order valence-corrected chi connectivity index (χ2v) is 4.32. The van der Waals surface area contributed by atoms with Crippen LogP contribution in [0, 0.1) is 0 Å². The lowest BCUT2D eigenvalue weighted by atomic mass is 10.1. The number of benzene rings is 1. The summed E-state index contributed by atoms with van der Waals surface area (Å²) in [6.07, 6.45) is 1.59. The van der Waals surface area contributed by atoms with Crippen LogP contribution in [0.3, 0.4) is 0 Å². The fraction of sp³-hybridized carbons (Fsp3) is 0.0667. The van der Waals surface area contributed by atoms with Crippen molar-refractivity contribution in [1.82, 2.24) is 4.98 Å². The lowest BCUT2D eigenvalue weighted by molar-refractivity contribution is 0.0691. The lowest BCUT2D eigenvalue weighted by Crippen LogP contribution is -2.06. The number of aromatic nitrogens is 1. The Labute approximate surface area is 114 Å². The number of aromatic carboxylic acids is 1. The molecule has 5 heteroatoms. The zero-order chi connectivity index (χ0) is 13.9. The fourth-order valence-electron chi connectivity index (χ4n) is 2.03. The Hall–Kier alpha value is -2.82. The first-order valence-corrected chi connectivity index (χ1v) is 6.13. The van der Waals surface area contributed by atoms with Gasteiger partial charge in [-0.15, -0.1) is 0 Å². The van der Waals surface area contributed by atoms with Crippen LogP contribution in [0.2, 0.25) is 0 Å². The molecule has 0 saturated heterocycles. The van der Waals surface area contributed by atoms with Gasteiger partial charge in [-0.3, -0.25) is 0 Å². The minimum atomic E-state index is -1.04. The summed E-state index contributed by atoms with van der Waals surface area (Å²) >= 11 is 0. The van der Waals surface area contributed by atoms with E-state index in [-0.39, 0.29) is 5.69 Å². The van der Waals surface area contributed by atoms with Crippen LogP contribution in [-0.2, 0) is 6.54 Å². The molecule has 0 unspecified atom stereocenters. The number of nitrogens with zero attached hydrogens (tertiary/aromatic N) is 1. The zero-order valence-electron chi connectivity index (χ0n) is 10.5.